The standard InChI is InChI=1S/C16H23NO5/c1-15(2,3)22-14(20)17(5)16(4,10-18)11-8-7-9-12(21-6)13(11)19/h7-10,19H,1-6H3. The third-order valence-corrected chi connectivity index (χ3v) is 3.36. The second kappa shape index (κ2) is 6.25. The van der Waals surface area contributed by atoms with E-state index in [0.29, 0.717) is 6.29 Å². The zero-order chi connectivity index (χ0) is 17.1. The molecule has 1 unspecified atom stereocenters. The summed E-state index contributed by atoms with van der Waals surface area (Å²) in [5.74, 6) is 0.0400. The summed E-state index contributed by atoms with van der Waals surface area (Å²) in [5, 5.41) is 10.3. The van der Waals surface area contributed by atoms with Crippen LogP contribution in [-0.2, 0) is 15.1 Å². The zero-order valence-corrected chi connectivity index (χ0v) is 13.8. The number of likely N-dealkylation sites (N-methyl/N-ethyl adjacent to an activating group) is 1. The highest BCUT2D eigenvalue weighted by Gasteiger charge is 2.39. The number of nitrogens with zero attached hydrogens (tertiary/aromatic N) is 1. The van der Waals surface area contributed by atoms with Crippen molar-refractivity contribution in [1.29, 1.82) is 0 Å². The summed E-state index contributed by atoms with van der Waals surface area (Å²) in [6.45, 7) is 6.73. The Morgan fingerprint density at radius 2 is 1.86 bits per heavy atom. The van der Waals surface area contributed by atoms with Gasteiger partial charge in [0.2, 0.25) is 0 Å². The van der Waals surface area contributed by atoms with Gasteiger partial charge in [-0.1, -0.05) is 12.1 Å². The van der Waals surface area contributed by atoms with Crippen LogP contribution in [0, 0.1) is 0 Å². The smallest absolute Gasteiger partial charge is 0.411 e. The van der Waals surface area contributed by atoms with Crippen molar-refractivity contribution in [3.63, 3.8) is 0 Å². The zero-order valence-electron chi connectivity index (χ0n) is 13.8. The molecule has 0 aliphatic carbocycles. The van der Waals surface area contributed by atoms with Crippen LogP contribution in [-0.4, -0.2) is 42.1 Å². The Balaban J connectivity index is 3.27. The lowest BCUT2D eigenvalue weighted by molar-refractivity contribution is -0.117. The Hall–Kier alpha value is -2.24. The summed E-state index contributed by atoms with van der Waals surface area (Å²) in [7, 11) is 2.86. The number of para-hydroxylation sites is 1. The third-order valence-electron chi connectivity index (χ3n) is 3.36. The summed E-state index contributed by atoms with van der Waals surface area (Å²) in [5.41, 5.74) is -1.82. The Bertz CT molecular complexity index is 564. The topological polar surface area (TPSA) is 76.1 Å². The fourth-order valence-corrected chi connectivity index (χ4v) is 1.94. The van der Waals surface area contributed by atoms with E-state index >= 15 is 0 Å². The molecule has 0 saturated heterocycles. The molecule has 22 heavy (non-hydrogen) atoms. The number of phenolic OH excluding ortho intramolecular Hbond substituents is 1. The number of methoxy groups -OCH3 is 1. The van der Waals surface area contributed by atoms with E-state index in [-0.39, 0.29) is 17.1 Å². The van der Waals surface area contributed by atoms with Crippen LogP contribution in [0.25, 0.3) is 0 Å². The van der Waals surface area contributed by atoms with E-state index in [1.165, 1.54) is 21.1 Å². The van der Waals surface area contributed by atoms with E-state index in [0.717, 1.165) is 4.90 Å². The summed E-state index contributed by atoms with van der Waals surface area (Å²) >= 11 is 0. The third kappa shape index (κ3) is 3.50. The van der Waals surface area contributed by atoms with Crippen molar-refractivity contribution in [1.82, 2.24) is 4.90 Å². The Labute approximate surface area is 130 Å². The highest BCUT2D eigenvalue weighted by Crippen LogP contribution is 2.38. The number of amides is 1. The van der Waals surface area contributed by atoms with Gasteiger partial charge in [-0.05, 0) is 33.8 Å². The van der Waals surface area contributed by atoms with Crippen molar-refractivity contribution in [2.75, 3.05) is 14.2 Å². The van der Waals surface area contributed by atoms with E-state index in [4.69, 9.17) is 9.47 Å². The molecule has 0 aliphatic heterocycles. The highest BCUT2D eigenvalue weighted by molar-refractivity contribution is 5.79. The minimum Gasteiger partial charge on any atom is -0.504 e. The van der Waals surface area contributed by atoms with Gasteiger partial charge in [-0.3, -0.25) is 4.90 Å². The van der Waals surface area contributed by atoms with Gasteiger partial charge in [-0.2, -0.15) is 0 Å². The predicted molar refractivity (Wildman–Crippen MR) is 82.1 cm³/mol. The van der Waals surface area contributed by atoms with Gasteiger partial charge in [0, 0.05) is 12.6 Å². The number of aromatic hydroxyl groups is 1. The molecule has 0 radical (unpaired) electrons. The van der Waals surface area contributed by atoms with E-state index in [9.17, 15) is 14.7 Å². The maximum absolute atomic E-state index is 12.2. The summed E-state index contributed by atoms with van der Waals surface area (Å²) in [6, 6.07) is 4.77. The number of hydrogen-bond donors (Lipinski definition) is 1. The summed E-state index contributed by atoms with van der Waals surface area (Å²) < 4.78 is 10.3. The first-order valence-electron chi connectivity index (χ1n) is 6.86. The van der Waals surface area contributed by atoms with Gasteiger partial charge in [0.25, 0.3) is 0 Å². The average Bonchev–Trinajstić information content (AvgIpc) is 2.44. The molecule has 1 amide bonds. The van der Waals surface area contributed by atoms with E-state index in [1.54, 1.807) is 39.0 Å². The molecule has 0 fully saturated rings. The molecule has 1 aromatic carbocycles. The van der Waals surface area contributed by atoms with Crippen LogP contribution >= 0.6 is 0 Å². The van der Waals surface area contributed by atoms with Crippen LogP contribution in [0.15, 0.2) is 18.2 Å². The highest BCUT2D eigenvalue weighted by atomic mass is 16.6. The number of ether oxygens (including phenoxy) is 2. The maximum atomic E-state index is 12.2. The van der Waals surface area contributed by atoms with Crippen molar-refractivity contribution >= 4 is 12.4 Å². The van der Waals surface area contributed by atoms with Gasteiger partial charge >= 0.3 is 6.09 Å². The van der Waals surface area contributed by atoms with Crippen LogP contribution in [0.5, 0.6) is 11.5 Å². The summed E-state index contributed by atoms with van der Waals surface area (Å²) in [6.07, 6.45) is -0.0740. The molecule has 6 nitrogen and oxygen atoms in total. The minimum atomic E-state index is -1.39. The molecule has 0 aromatic heterocycles. The molecular weight excluding hydrogens is 286 g/mol. The largest absolute Gasteiger partial charge is 0.504 e. The predicted octanol–water partition coefficient (Wildman–Crippen LogP) is 2.68. The summed E-state index contributed by atoms with van der Waals surface area (Å²) in [4.78, 5) is 25.1. The van der Waals surface area contributed by atoms with E-state index < -0.39 is 17.2 Å². The Morgan fingerprint density at radius 3 is 2.32 bits per heavy atom. The van der Waals surface area contributed by atoms with Crippen LogP contribution in [0.4, 0.5) is 4.79 Å². The van der Waals surface area contributed by atoms with Crippen molar-refractivity contribution < 1.29 is 24.2 Å². The van der Waals surface area contributed by atoms with Crippen molar-refractivity contribution in [3.8, 4) is 11.5 Å². The molecule has 1 atom stereocenters. The van der Waals surface area contributed by atoms with Crippen LogP contribution < -0.4 is 4.74 Å². The number of benzene rings is 1. The fraction of sp³-hybridized carbons (Fsp3) is 0.500. The van der Waals surface area contributed by atoms with Crippen LogP contribution in [0.3, 0.4) is 0 Å². The number of hydrogen-bond acceptors (Lipinski definition) is 5. The van der Waals surface area contributed by atoms with Gasteiger partial charge in [-0.25, -0.2) is 4.79 Å². The fourth-order valence-electron chi connectivity index (χ4n) is 1.94. The molecular formula is C16H23NO5. The lowest BCUT2D eigenvalue weighted by Gasteiger charge is -2.36. The van der Waals surface area contributed by atoms with Gasteiger partial charge in [0.1, 0.15) is 17.4 Å². The molecule has 0 aliphatic rings. The van der Waals surface area contributed by atoms with Crippen LogP contribution in [0.1, 0.15) is 33.3 Å². The Morgan fingerprint density at radius 1 is 1.27 bits per heavy atom. The van der Waals surface area contributed by atoms with Crippen LogP contribution in [0.2, 0.25) is 0 Å². The molecule has 1 aromatic rings. The maximum Gasteiger partial charge on any atom is 0.411 e. The van der Waals surface area contributed by atoms with E-state index in [1.807, 2.05) is 0 Å². The Kier molecular flexibility index (Phi) is 5.06. The molecule has 1 rings (SSSR count). The molecule has 0 bridgehead atoms. The lowest BCUT2D eigenvalue weighted by atomic mass is 9.91. The lowest BCUT2D eigenvalue weighted by Crippen LogP contribution is -2.48. The number of carbonyl (C=O) groups excluding carboxylic acids is 2. The first kappa shape index (κ1) is 17.8. The number of carbonyl (C=O) groups is 2. The van der Waals surface area contributed by atoms with Gasteiger partial charge in [0.05, 0.1) is 7.11 Å². The second-order valence-corrected chi connectivity index (χ2v) is 6.16. The first-order chi connectivity index (χ1) is 10.1. The quantitative estimate of drug-likeness (QED) is 0.865. The van der Waals surface area contributed by atoms with Gasteiger partial charge < -0.3 is 19.4 Å². The van der Waals surface area contributed by atoms with Crippen molar-refractivity contribution in [3.05, 3.63) is 23.8 Å². The first-order valence-corrected chi connectivity index (χ1v) is 6.86. The van der Waals surface area contributed by atoms with E-state index in [2.05, 4.69) is 0 Å². The molecule has 6 heteroatoms. The molecule has 122 valence electrons. The minimum absolute atomic E-state index is 0.185. The number of phenols is 1. The monoisotopic (exact) mass is 309 g/mol. The molecule has 0 spiro atoms. The molecule has 0 saturated carbocycles. The molecule has 0 heterocycles. The number of aldehydes is 1. The van der Waals surface area contributed by atoms with Crippen molar-refractivity contribution in [2.24, 2.45) is 0 Å². The van der Waals surface area contributed by atoms with Gasteiger partial charge in [-0.15, -0.1) is 0 Å². The van der Waals surface area contributed by atoms with Crippen molar-refractivity contribution in [2.45, 2.75) is 38.8 Å². The number of rotatable bonds is 4. The average molecular weight is 309 g/mol. The molecule has 1 N–H and O–H groups in total. The van der Waals surface area contributed by atoms with Gasteiger partial charge in [0.15, 0.2) is 11.5 Å². The normalized spacial score (nSPS) is 13.9. The SMILES string of the molecule is COc1cccc(C(C)(C=O)N(C)C(=O)OC(C)(C)C)c1O. The second-order valence-electron chi connectivity index (χ2n) is 6.16.